The van der Waals surface area contributed by atoms with E-state index in [1.165, 1.54) is 11.1 Å². The van der Waals surface area contributed by atoms with E-state index in [9.17, 15) is 14.4 Å². The van der Waals surface area contributed by atoms with Crippen LogP contribution in [0.1, 0.15) is 17.5 Å². The summed E-state index contributed by atoms with van der Waals surface area (Å²) in [5.74, 6) is -0.420. The largest absolute Gasteiger partial charge is 0.336 e. The molecule has 0 radical (unpaired) electrons. The van der Waals surface area contributed by atoms with Crippen LogP contribution in [0.3, 0.4) is 0 Å². The number of aryl methyl sites for hydroxylation is 3. The van der Waals surface area contributed by atoms with Crippen molar-refractivity contribution in [2.24, 2.45) is 0 Å². The summed E-state index contributed by atoms with van der Waals surface area (Å²) in [7, 11) is 1.60. The molecular formula is C22H24N4O3. The lowest BCUT2D eigenvalue weighted by Gasteiger charge is -2.18. The monoisotopic (exact) mass is 392 g/mol. The van der Waals surface area contributed by atoms with Crippen molar-refractivity contribution in [3.05, 3.63) is 70.0 Å². The first-order valence-electron chi connectivity index (χ1n) is 9.41. The minimum atomic E-state index is -0.245. The molecule has 0 bridgehead atoms. The van der Waals surface area contributed by atoms with E-state index in [0.717, 1.165) is 16.8 Å². The molecule has 0 unspecified atom stereocenters. The molecule has 1 heterocycles. The molecule has 0 aliphatic rings. The van der Waals surface area contributed by atoms with Crippen LogP contribution in [0.4, 0.5) is 5.69 Å². The first kappa shape index (κ1) is 20.3. The van der Waals surface area contributed by atoms with Gasteiger partial charge in [-0.15, -0.1) is 0 Å². The topological polar surface area (TPSA) is 84.3 Å². The molecule has 3 rings (SSSR count). The molecule has 0 atom stereocenters. The highest BCUT2D eigenvalue weighted by Gasteiger charge is 2.15. The van der Waals surface area contributed by atoms with E-state index in [1.807, 2.05) is 38.1 Å². The lowest BCUT2D eigenvalue weighted by Crippen LogP contribution is -2.35. The van der Waals surface area contributed by atoms with Crippen molar-refractivity contribution in [2.75, 3.05) is 18.9 Å². The maximum atomic E-state index is 12.5. The Morgan fingerprint density at radius 2 is 1.76 bits per heavy atom. The van der Waals surface area contributed by atoms with Crippen LogP contribution in [0.2, 0.25) is 0 Å². The second-order valence-corrected chi connectivity index (χ2v) is 7.06. The lowest BCUT2D eigenvalue weighted by atomic mass is 10.1. The Kier molecular flexibility index (Phi) is 6.07. The Hall–Kier alpha value is -3.48. The molecule has 7 heteroatoms. The van der Waals surface area contributed by atoms with E-state index in [0.29, 0.717) is 17.4 Å². The van der Waals surface area contributed by atoms with Crippen molar-refractivity contribution in [3.63, 3.8) is 0 Å². The summed E-state index contributed by atoms with van der Waals surface area (Å²) >= 11 is 0. The number of aromatic nitrogens is 2. The van der Waals surface area contributed by atoms with Crippen molar-refractivity contribution in [1.82, 2.24) is 14.7 Å². The Bertz CT molecular complexity index is 1100. The minimum absolute atomic E-state index is 0.0368. The number of likely N-dealkylation sites (N-methyl/N-ethyl adjacent to an activating group) is 1. The predicted molar refractivity (Wildman–Crippen MR) is 113 cm³/mol. The van der Waals surface area contributed by atoms with Crippen LogP contribution in [0.25, 0.3) is 10.9 Å². The van der Waals surface area contributed by atoms with Gasteiger partial charge in [-0.3, -0.25) is 19.1 Å². The number of hydrogen-bond acceptors (Lipinski definition) is 4. The van der Waals surface area contributed by atoms with E-state index >= 15 is 0 Å². The van der Waals surface area contributed by atoms with Gasteiger partial charge in [-0.2, -0.15) is 5.10 Å². The molecule has 2 amide bonds. The third-order valence-electron chi connectivity index (χ3n) is 4.85. The SMILES string of the molecule is Cc1cccc(C)c1NC(=O)CN(C)C(=O)CCn1ncc(=O)c2ccccc21. The van der Waals surface area contributed by atoms with Crippen molar-refractivity contribution >= 4 is 28.4 Å². The van der Waals surface area contributed by atoms with Gasteiger partial charge in [0, 0.05) is 24.5 Å². The molecule has 3 aromatic rings. The number of nitrogens with one attached hydrogen (secondary N) is 1. The van der Waals surface area contributed by atoms with Gasteiger partial charge in [-0.25, -0.2) is 0 Å². The average Bonchev–Trinajstić information content (AvgIpc) is 2.70. The van der Waals surface area contributed by atoms with Gasteiger partial charge in [-0.1, -0.05) is 30.3 Å². The zero-order valence-electron chi connectivity index (χ0n) is 16.8. The highest BCUT2D eigenvalue weighted by atomic mass is 16.2. The van der Waals surface area contributed by atoms with E-state index in [1.54, 1.807) is 29.9 Å². The molecule has 0 aliphatic carbocycles. The van der Waals surface area contributed by atoms with Crippen molar-refractivity contribution in [3.8, 4) is 0 Å². The first-order valence-corrected chi connectivity index (χ1v) is 9.41. The summed E-state index contributed by atoms with van der Waals surface area (Å²) in [5, 5.41) is 7.58. The highest BCUT2D eigenvalue weighted by Crippen LogP contribution is 2.19. The smallest absolute Gasteiger partial charge is 0.243 e. The lowest BCUT2D eigenvalue weighted by molar-refractivity contribution is -0.133. The number of amides is 2. The number of anilines is 1. The van der Waals surface area contributed by atoms with Gasteiger partial charge in [0.15, 0.2) is 0 Å². The third kappa shape index (κ3) is 4.68. The van der Waals surface area contributed by atoms with Crippen LogP contribution in [0.5, 0.6) is 0 Å². The van der Waals surface area contributed by atoms with Gasteiger partial charge in [0.2, 0.25) is 17.2 Å². The summed E-state index contributed by atoms with van der Waals surface area (Å²) in [4.78, 5) is 38.1. The Labute approximate surface area is 169 Å². The summed E-state index contributed by atoms with van der Waals surface area (Å²) in [5.41, 5.74) is 3.26. The maximum Gasteiger partial charge on any atom is 0.243 e. The molecular weight excluding hydrogens is 368 g/mol. The zero-order valence-corrected chi connectivity index (χ0v) is 16.8. The molecule has 1 aromatic heterocycles. The molecule has 1 N–H and O–H groups in total. The summed E-state index contributed by atoms with van der Waals surface area (Å²) in [6.07, 6.45) is 1.43. The van der Waals surface area contributed by atoms with Gasteiger partial charge >= 0.3 is 0 Å². The quantitative estimate of drug-likeness (QED) is 0.699. The number of para-hydroxylation sites is 2. The minimum Gasteiger partial charge on any atom is -0.336 e. The van der Waals surface area contributed by atoms with Crippen LogP contribution >= 0.6 is 0 Å². The molecule has 29 heavy (non-hydrogen) atoms. The number of hydrogen-bond donors (Lipinski definition) is 1. The van der Waals surface area contributed by atoms with Crippen LogP contribution in [-0.4, -0.2) is 40.1 Å². The van der Waals surface area contributed by atoms with Crippen LogP contribution in [0, 0.1) is 13.8 Å². The van der Waals surface area contributed by atoms with Gasteiger partial charge in [-0.05, 0) is 37.1 Å². The van der Waals surface area contributed by atoms with Crippen LogP contribution < -0.4 is 10.7 Å². The van der Waals surface area contributed by atoms with Gasteiger partial charge in [0.1, 0.15) is 0 Å². The number of fused-ring (bicyclic) bond motifs is 1. The summed E-state index contributed by atoms with van der Waals surface area (Å²) in [6, 6.07) is 13.0. The standard InChI is InChI=1S/C22H24N4O3/c1-15-7-6-8-16(2)22(15)24-20(28)14-25(3)21(29)11-12-26-18-10-5-4-9-17(18)19(27)13-23-26/h4-10,13H,11-12,14H2,1-3H3,(H,24,28). The molecule has 0 aliphatic heterocycles. The summed E-state index contributed by atoms with van der Waals surface area (Å²) in [6.45, 7) is 4.14. The van der Waals surface area contributed by atoms with Gasteiger partial charge < -0.3 is 10.2 Å². The normalized spacial score (nSPS) is 10.7. The van der Waals surface area contributed by atoms with E-state index in [4.69, 9.17) is 0 Å². The molecule has 150 valence electrons. The maximum absolute atomic E-state index is 12.5. The second-order valence-electron chi connectivity index (χ2n) is 7.06. The molecule has 2 aromatic carbocycles. The van der Waals surface area contributed by atoms with E-state index in [-0.39, 0.29) is 30.2 Å². The summed E-state index contributed by atoms with van der Waals surface area (Å²) < 4.78 is 1.64. The number of rotatable bonds is 6. The predicted octanol–water partition coefficient (Wildman–Crippen LogP) is 2.50. The van der Waals surface area contributed by atoms with E-state index in [2.05, 4.69) is 10.4 Å². The van der Waals surface area contributed by atoms with E-state index < -0.39 is 0 Å². The molecule has 0 saturated carbocycles. The average molecular weight is 392 g/mol. The molecule has 0 saturated heterocycles. The second kappa shape index (κ2) is 8.68. The number of benzene rings is 2. The van der Waals surface area contributed by atoms with Crippen LogP contribution in [0.15, 0.2) is 53.5 Å². The molecule has 0 spiro atoms. The van der Waals surface area contributed by atoms with Gasteiger partial charge in [0.25, 0.3) is 0 Å². The Morgan fingerprint density at radius 3 is 2.48 bits per heavy atom. The van der Waals surface area contributed by atoms with Crippen LogP contribution in [-0.2, 0) is 16.1 Å². The Balaban J connectivity index is 1.61. The fourth-order valence-corrected chi connectivity index (χ4v) is 3.23. The van der Waals surface area contributed by atoms with Crippen molar-refractivity contribution in [2.45, 2.75) is 26.8 Å². The highest BCUT2D eigenvalue weighted by molar-refractivity contribution is 5.95. The first-order chi connectivity index (χ1) is 13.9. The van der Waals surface area contributed by atoms with Crippen molar-refractivity contribution < 1.29 is 9.59 Å². The van der Waals surface area contributed by atoms with Gasteiger partial charge in [0.05, 0.1) is 24.8 Å². The fraction of sp³-hybridized carbons (Fsp3) is 0.273. The zero-order chi connectivity index (χ0) is 21.0. The third-order valence-corrected chi connectivity index (χ3v) is 4.85. The Morgan fingerprint density at radius 1 is 1.07 bits per heavy atom. The molecule has 0 fully saturated rings. The number of nitrogens with zero attached hydrogens (tertiary/aromatic N) is 3. The fourth-order valence-electron chi connectivity index (χ4n) is 3.23. The number of carbonyl (C=O) groups excluding carboxylic acids is 2. The molecule has 7 nitrogen and oxygen atoms in total. The number of carbonyl (C=O) groups is 2. The van der Waals surface area contributed by atoms with Crippen molar-refractivity contribution in [1.29, 1.82) is 0 Å².